The van der Waals surface area contributed by atoms with E-state index >= 15 is 0 Å². The van der Waals surface area contributed by atoms with Crippen molar-refractivity contribution in [2.45, 2.75) is 18.7 Å². The van der Waals surface area contributed by atoms with Crippen molar-refractivity contribution in [2.75, 3.05) is 19.0 Å². The van der Waals surface area contributed by atoms with E-state index in [0.717, 1.165) is 0 Å². The number of benzene rings is 2. The molecular weight excluding hydrogens is 436 g/mol. The van der Waals surface area contributed by atoms with Crippen molar-refractivity contribution in [3.63, 3.8) is 0 Å². The summed E-state index contributed by atoms with van der Waals surface area (Å²) in [5.41, 5.74) is 0.0626. The van der Waals surface area contributed by atoms with Crippen LogP contribution in [0.15, 0.2) is 36.4 Å². The highest BCUT2D eigenvalue weighted by Gasteiger charge is 2.59. The van der Waals surface area contributed by atoms with Crippen molar-refractivity contribution in [2.24, 2.45) is 5.92 Å². The molecule has 0 aromatic heterocycles. The predicted molar refractivity (Wildman–Crippen MR) is 115 cm³/mol. The number of hydrogen-bond donors (Lipinski definition) is 1. The van der Waals surface area contributed by atoms with Gasteiger partial charge in [-0.1, -0.05) is 23.2 Å². The smallest absolute Gasteiger partial charge is 0.233 e. The molecule has 0 saturated carbocycles. The number of rotatable bonds is 2. The van der Waals surface area contributed by atoms with Crippen LogP contribution in [0.1, 0.15) is 18.5 Å². The van der Waals surface area contributed by atoms with Crippen LogP contribution in [0, 0.1) is 11.7 Å². The number of amides is 1. The fourth-order valence-electron chi connectivity index (χ4n) is 4.04. The van der Waals surface area contributed by atoms with Gasteiger partial charge in [0, 0.05) is 30.4 Å². The van der Waals surface area contributed by atoms with Gasteiger partial charge in [-0.15, -0.1) is 0 Å². The monoisotopic (exact) mass is 453 g/mol. The first-order chi connectivity index (χ1) is 13.6. The highest BCUT2D eigenvalue weighted by atomic mass is 35.5. The van der Waals surface area contributed by atoms with Gasteiger partial charge in [0.2, 0.25) is 5.91 Å². The highest BCUT2D eigenvalue weighted by molar-refractivity contribution is 7.80. The molecule has 1 saturated heterocycles. The normalized spacial score (nSPS) is 25.0. The second kappa shape index (κ2) is 7.00. The van der Waals surface area contributed by atoms with Gasteiger partial charge in [0.25, 0.3) is 0 Å². The number of halogens is 3. The SMILES string of the molecule is CN(C)C(=O)[C@@H]1[C@H]2NC(=S)N(c3ccc(F)cc3)[C@@]1(C)Oc1c(Cl)cc(Cl)cc12. The Morgan fingerprint density at radius 2 is 1.93 bits per heavy atom. The van der Waals surface area contributed by atoms with Gasteiger partial charge in [-0.3, -0.25) is 9.69 Å². The van der Waals surface area contributed by atoms with Crippen molar-refractivity contribution in [3.05, 3.63) is 57.8 Å². The minimum atomic E-state index is -1.20. The Morgan fingerprint density at radius 1 is 1.28 bits per heavy atom. The van der Waals surface area contributed by atoms with Crippen LogP contribution in [-0.4, -0.2) is 35.7 Å². The summed E-state index contributed by atoms with van der Waals surface area (Å²) in [6.45, 7) is 1.79. The van der Waals surface area contributed by atoms with Crippen molar-refractivity contribution >= 4 is 52.1 Å². The molecule has 2 bridgehead atoms. The molecule has 2 aliphatic heterocycles. The predicted octanol–water partition coefficient (Wildman–Crippen LogP) is 4.38. The Hall–Kier alpha value is -2.09. The second-order valence-corrected chi connectivity index (χ2v) is 8.64. The maximum absolute atomic E-state index is 13.5. The van der Waals surface area contributed by atoms with Gasteiger partial charge in [-0.25, -0.2) is 4.39 Å². The Bertz CT molecular complexity index is 1020. The molecule has 1 fully saturated rings. The average Bonchev–Trinajstić information content (AvgIpc) is 2.63. The largest absolute Gasteiger partial charge is 0.465 e. The quantitative estimate of drug-likeness (QED) is 0.683. The maximum Gasteiger partial charge on any atom is 0.233 e. The average molecular weight is 454 g/mol. The zero-order valence-corrected chi connectivity index (χ0v) is 18.2. The number of anilines is 1. The lowest BCUT2D eigenvalue weighted by Crippen LogP contribution is -2.72. The molecule has 9 heteroatoms. The lowest BCUT2D eigenvalue weighted by Gasteiger charge is -2.56. The molecule has 5 nitrogen and oxygen atoms in total. The number of carbonyl (C=O) groups is 1. The molecule has 1 amide bonds. The number of carbonyl (C=O) groups excluding carboxylic acids is 1. The van der Waals surface area contributed by atoms with Crippen LogP contribution in [0.5, 0.6) is 5.75 Å². The molecule has 0 spiro atoms. The first-order valence-corrected chi connectivity index (χ1v) is 10.1. The number of thiocarbonyl (C=S) groups is 1. The van der Waals surface area contributed by atoms with Crippen LogP contribution in [-0.2, 0) is 4.79 Å². The second-order valence-electron chi connectivity index (χ2n) is 7.41. The lowest BCUT2D eigenvalue weighted by atomic mass is 9.78. The van der Waals surface area contributed by atoms with Crippen LogP contribution in [0.2, 0.25) is 10.0 Å². The van der Waals surface area contributed by atoms with E-state index in [-0.39, 0.29) is 11.7 Å². The van der Waals surface area contributed by atoms with Gasteiger partial charge in [-0.05, 0) is 55.5 Å². The van der Waals surface area contributed by atoms with E-state index in [4.69, 9.17) is 40.2 Å². The minimum Gasteiger partial charge on any atom is -0.465 e. The number of fused-ring (bicyclic) bond motifs is 4. The fraction of sp³-hybridized carbons (Fsp3) is 0.300. The molecule has 0 radical (unpaired) electrons. The fourth-order valence-corrected chi connectivity index (χ4v) is 5.00. The van der Waals surface area contributed by atoms with Gasteiger partial charge >= 0.3 is 0 Å². The zero-order valence-electron chi connectivity index (χ0n) is 15.9. The summed E-state index contributed by atoms with van der Waals surface area (Å²) in [6.07, 6.45) is 0. The third-order valence-corrected chi connectivity index (χ3v) is 6.11. The van der Waals surface area contributed by atoms with E-state index in [2.05, 4.69) is 5.32 Å². The van der Waals surface area contributed by atoms with E-state index in [1.807, 2.05) is 0 Å². The Balaban J connectivity index is 1.94. The highest BCUT2D eigenvalue weighted by Crippen LogP contribution is 2.52. The number of nitrogens with zero attached hydrogens (tertiary/aromatic N) is 2. The van der Waals surface area contributed by atoms with Gasteiger partial charge in [0.15, 0.2) is 10.8 Å². The Kier molecular flexibility index (Phi) is 4.88. The van der Waals surface area contributed by atoms with Gasteiger partial charge in [0.1, 0.15) is 17.5 Å². The third-order valence-electron chi connectivity index (χ3n) is 5.31. The summed E-state index contributed by atoms with van der Waals surface area (Å²) in [4.78, 5) is 16.4. The standard InChI is InChI=1S/C20H18Cl2FN3O2S/c1-20-15(18(27)25(2)3)16(13-8-10(21)9-14(22)17(13)28-20)24-19(29)26(20)12-6-4-11(23)5-7-12/h4-9,15-16H,1-3H3,(H,24,29)/t15-,16-,20-/m0/s1. The van der Waals surface area contributed by atoms with Gasteiger partial charge in [-0.2, -0.15) is 0 Å². The molecule has 29 heavy (non-hydrogen) atoms. The minimum absolute atomic E-state index is 0.152. The molecule has 0 unspecified atom stereocenters. The molecule has 152 valence electrons. The third kappa shape index (κ3) is 3.12. The summed E-state index contributed by atoms with van der Waals surface area (Å²) in [7, 11) is 3.37. The number of ether oxygens (including phenoxy) is 1. The van der Waals surface area contributed by atoms with Crippen LogP contribution in [0.3, 0.4) is 0 Å². The van der Waals surface area contributed by atoms with E-state index < -0.39 is 17.7 Å². The van der Waals surface area contributed by atoms with Crippen LogP contribution in [0.4, 0.5) is 10.1 Å². The maximum atomic E-state index is 13.5. The molecule has 2 aromatic carbocycles. The lowest BCUT2D eigenvalue weighted by molar-refractivity contribution is -0.144. The van der Waals surface area contributed by atoms with Gasteiger partial charge < -0.3 is 15.0 Å². The first-order valence-electron chi connectivity index (χ1n) is 8.89. The molecular formula is C20H18Cl2FN3O2S. The van der Waals surface area contributed by atoms with Crippen molar-refractivity contribution in [1.82, 2.24) is 10.2 Å². The van der Waals surface area contributed by atoms with Crippen molar-refractivity contribution < 1.29 is 13.9 Å². The van der Waals surface area contributed by atoms with Crippen LogP contribution >= 0.6 is 35.4 Å². The summed E-state index contributed by atoms with van der Waals surface area (Å²) >= 11 is 18.3. The Labute approximate surface area is 183 Å². The summed E-state index contributed by atoms with van der Waals surface area (Å²) < 4.78 is 19.9. The molecule has 0 aliphatic carbocycles. The topological polar surface area (TPSA) is 44.8 Å². The zero-order chi connectivity index (χ0) is 21.1. The van der Waals surface area contributed by atoms with Crippen LogP contribution in [0.25, 0.3) is 0 Å². The molecule has 2 aliphatic rings. The molecule has 2 aromatic rings. The molecule has 2 heterocycles. The number of nitrogens with one attached hydrogen (secondary N) is 1. The van der Waals surface area contributed by atoms with Crippen LogP contribution < -0.4 is 15.0 Å². The van der Waals surface area contributed by atoms with Crippen molar-refractivity contribution in [1.29, 1.82) is 0 Å². The van der Waals surface area contributed by atoms with E-state index in [1.165, 1.54) is 17.0 Å². The summed E-state index contributed by atoms with van der Waals surface area (Å²) in [5.74, 6) is -0.757. The molecule has 1 N–H and O–H groups in total. The first kappa shape index (κ1) is 20.2. The number of hydrogen-bond acceptors (Lipinski definition) is 3. The van der Waals surface area contributed by atoms with E-state index in [0.29, 0.717) is 32.2 Å². The van der Waals surface area contributed by atoms with E-state index in [1.54, 1.807) is 50.2 Å². The van der Waals surface area contributed by atoms with Gasteiger partial charge in [0.05, 0.1) is 11.1 Å². The Morgan fingerprint density at radius 3 is 2.55 bits per heavy atom. The summed E-state index contributed by atoms with van der Waals surface area (Å²) in [5, 5.41) is 4.38. The molecule has 4 rings (SSSR count). The summed E-state index contributed by atoms with van der Waals surface area (Å²) in [6, 6.07) is 8.68. The molecule has 3 atom stereocenters. The van der Waals surface area contributed by atoms with Crippen molar-refractivity contribution in [3.8, 4) is 5.75 Å². The van der Waals surface area contributed by atoms with E-state index in [9.17, 15) is 9.18 Å².